The molecule has 1 aliphatic carbocycles. The summed E-state index contributed by atoms with van der Waals surface area (Å²) in [7, 11) is -0.817. The van der Waals surface area contributed by atoms with Crippen LogP contribution in [0.15, 0.2) is 133 Å². The summed E-state index contributed by atoms with van der Waals surface area (Å²) < 4.78 is 0. The molecule has 0 N–H and O–H groups in total. The van der Waals surface area contributed by atoms with Crippen molar-refractivity contribution >= 4 is 37.1 Å². The van der Waals surface area contributed by atoms with Crippen molar-refractivity contribution in [2.75, 3.05) is 6.16 Å². The minimum absolute atomic E-state index is 0.381. The van der Waals surface area contributed by atoms with Gasteiger partial charge in [-0.05, 0) is 55.6 Å². The second-order valence-electron chi connectivity index (χ2n) is 8.24. The number of hydrogen-bond donors (Lipinski definition) is 0. The molecular formula is C30H28P2. The Hall–Kier alpha value is -2.52. The summed E-state index contributed by atoms with van der Waals surface area (Å²) in [6.07, 6.45) is 7.39. The summed E-state index contributed by atoms with van der Waals surface area (Å²) in [4.78, 5) is 0. The van der Waals surface area contributed by atoms with Gasteiger partial charge in [0.15, 0.2) is 0 Å². The molecule has 0 amide bonds. The van der Waals surface area contributed by atoms with Crippen LogP contribution in [0.5, 0.6) is 0 Å². The van der Waals surface area contributed by atoms with Crippen LogP contribution in [-0.2, 0) is 0 Å². The molecular weight excluding hydrogens is 422 g/mol. The average molecular weight is 451 g/mol. The van der Waals surface area contributed by atoms with E-state index in [2.05, 4.69) is 133 Å². The predicted molar refractivity (Wildman–Crippen MR) is 144 cm³/mol. The first-order valence-electron chi connectivity index (χ1n) is 11.3. The molecule has 0 aromatic heterocycles. The van der Waals surface area contributed by atoms with Crippen molar-refractivity contribution in [1.29, 1.82) is 0 Å². The summed E-state index contributed by atoms with van der Waals surface area (Å²) in [6, 6.07) is 44.7. The molecule has 2 heteroatoms. The van der Waals surface area contributed by atoms with Crippen LogP contribution in [0.2, 0.25) is 0 Å². The molecule has 0 spiro atoms. The van der Waals surface area contributed by atoms with Gasteiger partial charge in [-0.3, -0.25) is 0 Å². The van der Waals surface area contributed by atoms with Crippen LogP contribution in [0.25, 0.3) is 0 Å². The predicted octanol–water partition coefficient (Wildman–Crippen LogP) is 6.20. The highest BCUT2D eigenvalue weighted by atomic mass is 31.1. The van der Waals surface area contributed by atoms with Crippen molar-refractivity contribution in [3.8, 4) is 0 Å². The van der Waals surface area contributed by atoms with E-state index >= 15 is 0 Å². The lowest BCUT2D eigenvalue weighted by atomic mass is 10.1. The van der Waals surface area contributed by atoms with Crippen LogP contribution in [-0.4, -0.2) is 11.8 Å². The van der Waals surface area contributed by atoms with Crippen molar-refractivity contribution in [3.05, 3.63) is 133 Å². The van der Waals surface area contributed by atoms with E-state index in [9.17, 15) is 0 Å². The van der Waals surface area contributed by atoms with Crippen LogP contribution in [0, 0.1) is 5.92 Å². The average Bonchev–Trinajstić information content (AvgIpc) is 3.33. The van der Waals surface area contributed by atoms with Gasteiger partial charge in [-0.1, -0.05) is 133 Å². The van der Waals surface area contributed by atoms with Crippen molar-refractivity contribution in [1.82, 2.24) is 0 Å². The molecule has 5 rings (SSSR count). The minimum atomic E-state index is -0.436. The van der Waals surface area contributed by atoms with Gasteiger partial charge in [-0.2, -0.15) is 0 Å². The van der Waals surface area contributed by atoms with Gasteiger partial charge in [0.1, 0.15) is 0 Å². The van der Waals surface area contributed by atoms with Gasteiger partial charge in [0.25, 0.3) is 0 Å². The standard InChI is InChI=1S/C30H28P2/c1-5-15-26(16-6-1)31(27-17-7-2-8-18-27)24-25-14-13-23-30(25)32(28-19-9-3-10-20-28)29-21-11-4-12-22-29/h1-13,15-23,25,30H,14,24H2. The molecule has 2 atom stereocenters. The summed E-state index contributed by atoms with van der Waals surface area (Å²) in [5.74, 6) is 0.660. The van der Waals surface area contributed by atoms with E-state index in [-0.39, 0.29) is 7.92 Å². The maximum absolute atomic E-state index is 2.53. The Bertz CT molecular complexity index is 1050. The zero-order valence-electron chi connectivity index (χ0n) is 18.2. The molecule has 0 bridgehead atoms. The van der Waals surface area contributed by atoms with E-state index < -0.39 is 7.92 Å². The fraction of sp³-hybridized carbons (Fsp3) is 0.133. The number of allylic oxidation sites excluding steroid dienone is 2. The molecule has 0 radical (unpaired) electrons. The number of rotatable bonds is 7. The fourth-order valence-electron chi connectivity index (χ4n) is 4.65. The first-order valence-corrected chi connectivity index (χ1v) is 14.3. The van der Waals surface area contributed by atoms with Gasteiger partial charge < -0.3 is 0 Å². The topological polar surface area (TPSA) is 0 Å². The lowest BCUT2D eigenvalue weighted by Crippen LogP contribution is -2.28. The quantitative estimate of drug-likeness (QED) is 0.232. The van der Waals surface area contributed by atoms with Crippen LogP contribution >= 0.6 is 15.8 Å². The Labute approximate surface area is 194 Å². The SMILES string of the molecule is C1=CC(P(c2ccccc2)c2ccccc2)C(CP(c2ccccc2)c2ccccc2)C1. The van der Waals surface area contributed by atoms with Gasteiger partial charge in [0, 0.05) is 5.66 Å². The van der Waals surface area contributed by atoms with Crippen LogP contribution in [0.4, 0.5) is 0 Å². The Balaban J connectivity index is 1.50. The monoisotopic (exact) mass is 450 g/mol. The van der Waals surface area contributed by atoms with E-state index in [1.54, 1.807) is 0 Å². The molecule has 0 fully saturated rings. The van der Waals surface area contributed by atoms with Gasteiger partial charge in [0.2, 0.25) is 0 Å². The zero-order chi connectivity index (χ0) is 21.6. The van der Waals surface area contributed by atoms with Crippen LogP contribution in [0.1, 0.15) is 6.42 Å². The highest BCUT2D eigenvalue weighted by Crippen LogP contribution is 2.50. The maximum atomic E-state index is 2.53. The minimum Gasteiger partial charge on any atom is -0.0875 e. The third kappa shape index (κ3) is 4.78. The third-order valence-electron chi connectivity index (χ3n) is 6.17. The summed E-state index contributed by atoms with van der Waals surface area (Å²) >= 11 is 0. The van der Waals surface area contributed by atoms with Crippen molar-refractivity contribution in [3.63, 3.8) is 0 Å². The molecule has 0 heterocycles. The highest BCUT2D eigenvalue weighted by Gasteiger charge is 2.34. The lowest BCUT2D eigenvalue weighted by Gasteiger charge is -2.32. The Morgan fingerprint density at radius 3 is 1.38 bits per heavy atom. The molecule has 0 nitrogen and oxygen atoms in total. The number of hydrogen-bond acceptors (Lipinski definition) is 0. The Kier molecular flexibility index (Phi) is 6.93. The van der Waals surface area contributed by atoms with Crippen LogP contribution < -0.4 is 21.2 Å². The normalized spacial score (nSPS) is 17.8. The third-order valence-corrected chi connectivity index (χ3v) is 11.8. The molecule has 158 valence electrons. The summed E-state index contributed by atoms with van der Waals surface area (Å²) in [5, 5.41) is 5.95. The van der Waals surface area contributed by atoms with E-state index in [0.29, 0.717) is 11.6 Å². The largest absolute Gasteiger partial charge is 0.0875 e. The molecule has 4 aromatic carbocycles. The van der Waals surface area contributed by atoms with E-state index in [0.717, 1.165) is 0 Å². The second-order valence-corrected chi connectivity index (χ2v) is 12.9. The fourth-order valence-corrected chi connectivity index (χ4v) is 10.4. The van der Waals surface area contributed by atoms with Gasteiger partial charge in [-0.15, -0.1) is 0 Å². The first kappa shape index (κ1) is 21.3. The lowest BCUT2D eigenvalue weighted by molar-refractivity contribution is 0.656. The van der Waals surface area contributed by atoms with Gasteiger partial charge in [-0.25, -0.2) is 0 Å². The zero-order valence-corrected chi connectivity index (χ0v) is 20.0. The molecule has 4 aromatic rings. The van der Waals surface area contributed by atoms with E-state index in [1.807, 2.05) is 0 Å². The Morgan fingerprint density at radius 1 is 0.531 bits per heavy atom. The summed E-state index contributed by atoms with van der Waals surface area (Å²) in [5.41, 5.74) is 0.576. The molecule has 2 unspecified atom stereocenters. The number of benzene rings is 4. The smallest absolute Gasteiger partial charge is 0.00854 e. The van der Waals surface area contributed by atoms with E-state index in [4.69, 9.17) is 0 Å². The van der Waals surface area contributed by atoms with Gasteiger partial charge >= 0.3 is 0 Å². The Morgan fingerprint density at radius 2 is 0.938 bits per heavy atom. The maximum Gasteiger partial charge on any atom is 0.00854 e. The first-order chi connectivity index (χ1) is 15.9. The van der Waals surface area contributed by atoms with E-state index in [1.165, 1.54) is 33.8 Å². The molecule has 0 saturated heterocycles. The molecule has 0 saturated carbocycles. The second kappa shape index (κ2) is 10.4. The highest BCUT2D eigenvalue weighted by molar-refractivity contribution is 7.74. The van der Waals surface area contributed by atoms with Crippen molar-refractivity contribution in [2.45, 2.75) is 12.1 Å². The van der Waals surface area contributed by atoms with Crippen molar-refractivity contribution < 1.29 is 0 Å². The summed E-state index contributed by atoms with van der Waals surface area (Å²) in [6.45, 7) is 0. The van der Waals surface area contributed by atoms with Crippen molar-refractivity contribution in [2.24, 2.45) is 5.92 Å². The molecule has 1 aliphatic rings. The molecule has 0 aliphatic heterocycles. The van der Waals surface area contributed by atoms with Gasteiger partial charge in [0.05, 0.1) is 0 Å². The molecule has 32 heavy (non-hydrogen) atoms. The van der Waals surface area contributed by atoms with Crippen LogP contribution in [0.3, 0.4) is 0 Å².